The van der Waals surface area contributed by atoms with Crippen molar-refractivity contribution in [1.29, 1.82) is 0 Å². The second-order valence-electron chi connectivity index (χ2n) is 7.43. The molecule has 1 atom stereocenters. The second-order valence-corrected chi connectivity index (χ2v) is 7.43. The molecule has 0 heterocycles. The Morgan fingerprint density at radius 1 is 0.714 bits per heavy atom. The number of phenols is 4. The van der Waals surface area contributed by atoms with Gasteiger partial charge in [-0.2, -0.15) is 0 Å². The van der Waals surface area contributed by atoms with E-state index >= 15 is 0 Å². The number of rotatable bonds is 0. The van der Waals surface area contributed by atoms with Crippen LogP contribution in [0.3, 0.4) is 0 Å². The summed E-state index contributed by atoms with van der Waals surface area (Å²) in [7, 11) is 0. The Hall–Kier alpha value is -3.58. The molecular formula is C21H14O7. The number of aliphatic hydroxyl groups is 1. The van der Waals surface area contributed by atoms with Gasteiger partial charge in [0.2, 0.25) is 11.6 Å². The average molecular weight is 378 g/mol. The highest BCUT2D eigenvalue weighted by Crippen LogP contribution is 2.57. The molecule has 5 rings (SSSR count). The van der Waals surface area contributed by atoms with Crippen LogP contribution in [0.1, 0.15) is 44.3 Å². The lowest BCUT2D eigenvalue weighted by Crippen LogP contribution is -2.37. The first kappa shape index (κ1) is 16.6. The van der Waals surface area contributed by atoms with Crippen LogP contribution in [-0.4, -0.2) is 37.1 Å². The number of Topliss-reactive ketones (excluding diaryl/α,β-unsaturated/α-hetero) is 1. The van der Waals surface area contributed by atoms with Gasteiger partial charge >= 0.3 is 0 Å². The molecule has 7 heteroatoms. The first-order valence-electron chi connectivity index (χ1n) is 8.51. The van der Waals surface area contributed by atoms with Gasteiger partial charge in [0, 0.05) is 28.0 Å². The second kappa shape index (κ2) is 4.63. The number of carbonyl (C=O) groups is 2. The van der Waals surface area contributed by atoms with E-state index in [1.807, 2.05) is 0 Å². The normalized spacial score (nSPS) is 19.4. The van der Waals surface area contributed by atoms with E-state index in [9.17, 15) is 35.1 Å². The van der Waals surface area contributed by atoms with Crippen LogP contribution in [-0.2, 0) is 5.60 Å². The molecule has 140 valence electrons. The standard InChI is InChI=1S/C21H14O7/c1-6-3-8(22)14-17-12(6)9(23)4-7-13(17)18-15(19(14)26)10(24)5-11(25)16(18)20(27)21(7,2)28/h3-5,22-25,28H,1-2H3. The van der Waals surface area contributed by atoms with Crippen molar-refractivity contribution in [1.82, 2.24) is 0 Å². The van der Waals surface area contributed by atoms with Crippen molar-refractivity contribution in [3.8, 4) is 34.1 Å². The fourth-order valence-corrected chi connectivity index (χ4v) is 4.52. The molecule has 0 bridgehead atoms. The number of carbonyl (C=O) groups excluding carboxylic acids is 2. The molecule has 2 aliphatic rings. The Morgan fingerprint density at radius 3 is 2.00 bits per heavy atom. The van der Waals surface area contributed by atoms with Crippen LogP contribution in [0.5, 0.6) is 23.0 Å². The summed E-state index contributed by atoms with van der Waals surface area (Å²) >= 11 is 0. The van der Waals surface area contributed by atoms with Gasteiger partial charge < -0.3 is 25.5 Å². The minimum absolute atomic E-state index is 0.00322. The van der Waals surface area contributed by atoms with Crippen LogP contribution in [0.25, 0.3) is 21.9 Å². The molecule has 0 aromatic heterocycles. The molecule has 3 aromatic rings. The van der Waals surface area contributed by atoms with Crippen LogP contribution < -0.4 is 0 Å². The Labute approximate surface area is 157 Å². The van der Waals surface area contributed by atoms with E-state index in [0.29, 0.717) is 5.56 Å². The SMILES string of the molecule is Cc1cc(O)c2c3c4c(cc(O)c13)C(C)(O)C(=O)c1c(O)cc(O)c(c1-4)C2=O. The van der Waals surface area contributed by atoms with E-state index in [1.54, 1.807) is 6.92 Å². The third-order valence-corrected chi connectivity index (χ3v) is 5.74. The third kappa shape index (κ3) is 1.59. The van der Waals surface area contributed by atoms with Crippen LogP contribution in [0.4, 0.5) is 0 Å². The van der Waals surface area contributed by atoms with Crippen molar-refractivity contribution in [2.45, 2.75) is 19.4 Å². The number of ketones is 2. The summed E-state index contributed by atoms with van der Waals surface area (Å²) in [5, 5.41) is 53.2. The van der Waals surface area contributed by atoms with E-state index in [4.69, 9.17) is 0 Å². The van der Waals surface area contributed by atoms with E-state index < -0.39 is 28.7 Å². The number of phenolic OH excluding ortho intramolecular Hbond substituents is 4. The summed E-state index contributed by atoms with van der Waals surface area (Å²) in [6, 6.07) is 3.45. The maximum atomic E-state index is 13.2. The van der Waals surface area contributed by atoms with Crippen molar-refractivity contribution < 1.29 is 35.1 Å². The van der Waals surface area contributed by atoms with Gasteiger partial charge in [0.25, 0.3) is 0 Å². The van der Waals surface area contributed by atoms with Crippen molar-refractivity contribution in [2.75, 3.05) is 0 Å². The van der Waals surface area contributed by atoms with Crippen LogP contribution in [0.2, 0.25) is 0 Å². The molecular weight excluding hydrogens is 364 g/mol. The highest BCUT2D eigenvalue weighted by atomic mass is 16.3. The van der Waals surface area contributed by atoms with Gasteiger partial charge in [0.1, 0.15) is 23.0 Å². The molecule has 3 aromatic carbocycles. The molecule has 0 saturated heterocycles. The van der Waals surface area contributed by atoms with E-state index in [-0.39, 0.29) is 55.7 Å². The van der Waals surface area contributed by atoms with Gasteiger partial charge in [-0.15, -0.1) is 0 Å². The van der Waals surface area contributed by atoms with Gasteiger partial charge in [-0.05, 0) is 37.1 Å². The smallest absolute Gasteiger partial charge is 0.203 e. The highest BCUT2D eigenvalue weighted by Gasteiger charge is 2.48. The van der Waals surface area contributed by atoms with Crippen LogP contribution >= 0.6 is 0 Å². The fourth-order valence-electron chi connectivity index (χ4n) is 4.52. The summed E-state index contributed by atoms with van der Waals surface area (Å²) in [5.41, 5.74) is -2.03. The van der Waals surface area contributed by atoms with Gasteiger partial charge in [-0.3, -0.25) is 9.59 Å². The summed E-state index contributed by atoms with van der Waals surface area (Å²) in [6.45, 7) is 2.87. The molecule has 1 unspecified atom stereocenters. The van der Waals surface area contributed by atoms with Gasteiger partial charge in [-0.1, -0.05) is 0 Å². The molecule has 0 aliphatic heterocycles. The highest BCUT2D eigenvalue weighted by molar-refractivity contribution is 6.33. The Bertz CT molecular complexity index is 1320. The van der Waals surface area contributed by atoms with Crippen molar-refractivity contribution in [3.05, 3.63) is 46.0 Å². The monoisotopic (exact) mass is 378 g/mol. The maximum absolute atomic E-state index is 13.2. The fraction of sp³-hybridized carbons (Fsp3) is 0.143. The lowest BCUT2D eigenvalue weighted by molar-refractivity contribution is 0.0384. The molecule has 0 fully saturated rings. The number of hydrogen-bond acceptors (Lipinski definition) is 7. The molecule has 0 saturated carbocycles. The summed E-state index contributed by atoms with van der Waals surface area (Å²) < 4.78 is 0. The number of hydrogen-bond donors (Lipinski definition) is 5. The molecule has 28 heavy (non-hydrogen) atoms. The van der Waals surface area contributed by atoms with E-state index in [1.165, 1.54) is 19.1 Å². The van der Waals surface area contributed by atoms with Gasteiger partial charge in [0.05, 0.1) is 16.7 Å². The first-order valence-corrected chi connectivity index (χ1v) is 8.51. The number of aromatic hydroxyl groups is 4. The van der Waals surface area contributed by atoms with E-state index in [2.05, 4.69) is 0 Å². The van der Waals surface area contributed by atoms with Crippen LogP contribution in [0.15, 0.2) is 18.2 Å². The predicted molar refractivity (Wildman–Crippen MR) is 98.1 cm³/mol. The quantitative estimate of drug-likeness (QED) is 0.317. The average Bonchev–Trinajstić information content (AvgIpc) is 2.58. The molecule has 5 N–H and O–H groups in total. The van der Waals surface area contributed by atoms with Crippen molar-refractivity contribution in [2.24, 2.45) is 0 Å². The Morgan fingerprint density at radius 2 is 1.32 bits per heavy atom. The van der Waals surface area contributed by atoms with Gasteiger partial charge in [0.15, 0.2) is 5.60 Å². The zero-order valence-electron chi connectivity index (χ0n) is 14.8. The minimum Gasteiger partial charge on any atom is -0.507 e. The number of aryl methyl sites for hydroxylation is 1. The van der Waals surface area contributed by atoms with E-state index in [0.717, 1.165) is 6.07 Å². The van der Waals surface area contributed by atoms with Gasteiger partial charge in [-0.25, -0.2) is 0 Å². The lowest BCUT2D eigenvalue weighted by Gasteiger charge is -2.36. The molecule has 7 nitrogen and oxygen atoms in total. The van der Waals surface area contributed by atoms with Crippen molar-refractivity contribution >= 4 is 22.3 Å². The first-order chi connectivity index (χ1) is 13.1. The maximum Gasteiger partial charge on any atom is 0.203 e. The zero-order valence-corrected chi connectivity index (χ0v) is 14.8. The molecule has 0 spiro atoms. The predicted octanol–water partition coefficient (Wildman–Crippen LogP) is 2.59. The third-order valence-electron chi connectivity index (χ3n) is 5.74. The molecule has 2 aliphatic carbocycles. The molecule has 0 amide bonds. The molecule has 0 radical (unpaired) electrons. The topological polar surface area (TPSA) is 135 Å². The largest absolute Gasteiger partial charge is 0.507 e. The van der Waals surface area contributed by atoms with Crippen LogP contribution in [0, 0.1) is 6.92 Å². The summed E-state index contributed by atoms with van der Waals surface area (Å²) in [6.07, 6.45) is 0. The number of benzene rings is 3. The van der Waals surface area contributed by atoms with Crippen molar-refractivity contribution in [3.63, 3.8) is 0 Å². The Kier molecular flexibility index (Phi) is 2.74. The Balaban J connectivity index is 2.20. The minimum atomic E-state index is -2.10. The lowest BCUT2D eigenvalue weighted by atomic mass is 9.68. The zero-order chi connectivity index (χ0) is 20.3. The summed E-state index contributed by atoms with van der Waals surface area (Å²) in [5.74, 6) is -3.33. The summed E-state index contributed by atoms with van der Waals surface area (Å²) in [4.78, 5) is 26.1.